The van der Waals surface area contributed by atoms with Gasteiger partial charge in [0, 0.05) is 0 Å². The van der Waals surface area contributed by atoms with Crippen LogP contribution in [0.1, 0.15) is 71.1 Å². The molecule has 0 heteroatoms. The molecule has 0 bridgehead atoms. The van der Waals surface area contributed by atoms with Gasteiger partial charge in [0.2, 0.25) is 0 Å². The Hall–Kier alpha value is -0.480. The Labute approximate surface area is 95.5 Å². The van der Waals surface area contributed by atoms with Crippen molar-refractivity contribution in [1.82, 2.24) is 0 Å². The van der Waals surface area contributed by atoms with E-state index in [1.54, 1.807) is 0 Å². The molecule has 0 heterocycles. The zero-order valence-electron chi connectivity index (χ0n) is 10.3. The maximum atomic E-state index is 3.38. The van der Waals surface area contributed by atoms with Gasteiger partial charge in [-0.25, -0.2) is 0 Å². The van der Waals surface area contributed by atoms with E-state index >= 15 is 0 Å². The molecule has 0 amide bonds. The van der Waals surface area contributed by atoms with E-state index in [1.165, 1.54) is 64.2 Å². The van der Waals surface area contributed by atoms with E-state index in [-0.39, 0.29) is 0 Å². The number of hydrogen-bond acceptors (Lipinski definition) is 0. The SMILES string of the molecule is CCCCCCC=C=CC1CCCCC1. The molecule has 15 heavy (non-hydrogen) atoms. The van der Waals surface area contributed by atoms with Crippen LogP contribution in [0.5, 0.6) is 0 Å². The van der Waals surface area contributed by atoms with Crippen LogP contribution < -0.4 is 0 Å². The van der Waals surface area contributed by atoms with Crippen molar-refractivity contribution in [3.8, 4) is 0 Å². The van der Waals surface area contributed by atoms with Gasteiger partial charge in [-0.05, 0) is 43.8 Å². The lowest BCUT2D eigenvalue weighted by Gasteiger charge is -2.16. The van der Waals surface area contributed by atoms with Crippen LogP contribution in [0.15, 0.2) is 17.9 Å². The fourth-order valence-corrected chi connectivity index (χ4v) is 2.26. The number of hydrogen-bond donors (Lipinski definition) is 0. The summed E-state index contributed by atoms with van der Waals surface area (Å²) < 4.78 is 0. The van der Waals surface area contributed by atoms with Crippen LogP contribution in [0.4, 0.5) is 0 Å². The molecule has 86 valence electrons. The van der Waals surface area contributed by atoms with Crippen LogP contribution in [0, 0.1) is 5.92 Å². The minimum absolute atomic E-state index is 0.839. The predicted molar refractivity (Wildman–Crippen MR) is 68.0 cm³/mol. The third-order valence-electron chi connectivity index (χ3n) is 3.30. The van der Waals surface area contributed by atoms with Crippen LogP contribution >= 0.6 is 0 Å². The first-order valence-electron chi connectivity index (χ1n) is 6.84. The minimum atomic E-state index is 0.839. The van der Waals surface area contributed by atoms with Gasteiger partial charge >= 0.3 is 0 Å². The van der Waals surface area contributed by atoms with Gasteiger partial charge < -0.3 is 0 Å². The molecular formula is C15H26. The van der Waals surface area contributed by atoms with Gasteiger partial charge in [-0.1, -0.05) is 45.4 Å². The van der Waals surface area contributed by atoms with Crippen LogP contribution in [0.2, 0.25) is 0 Å². The zero-order chi connectivity index (χ0) is 10.8. The maximum absolute atomic E-state index is 3.38. The van der Waals surface area contributed by atoms with E-state index in [4.69, 9.17) is 0 Å². The molecule has 0 aromatic heterocycles. The standard InChI is InChI=1S/C15H26/c1-2-3-4-5-6-7-9-12-15-13-10-8-11-14-15/h7,12,15H,2-6,8,10-11,13-14H2,1H3. The van der Waals surface area contributed by atoms with Crippen molar-refractivity contribution in [1.29, 1.82) is 0 Å². The molecule has 0 spiro atoms. The summed E-state index contributed by atoms with van der Waals surface area (Å²) in [7, 11) is 0. The number of rotatable bonds is 6. The van der Waals surface area contributed by atoms with Crippen molar-refractivity contribution < 1.29 is 0 Å². The average molecular weight is 206 g/mol. The lowest BCUT2D eigenvalue weighted by atomic mass is 9.89. The lowest BCUT2D eigenvalue weighted by molar-refractivity contribution is 0.419. The Morgan fingerprint density at radius 2 is 1.87 bits per heavy atom. The Morgan fingerprint density at radius 3 is 2.60 bits per heavy atom. The summed E-state index contributed by atoms with van der Waals surface area (Å²) in [5.74, 6) is 0.839. The first-order chi connectivity index (χ1) is 7.43. The van der Waals surface area contributed by atoms with E-state index in [0.717, 1.165) is 5.92 Å². The molecular weight excluding hydrogens is 180 g/mol. The fraction of sp³-hybridized carbons (Fsp3) is 0.800. The molecule has 0 saturated heterocycles. The van der Waals surface area contributed by atoms with Crippen LogP contribution in [-0.4, -0.2) is 0 Å². The normalized spacial score (nSPS) is 17.1. The topological polar surface area (TPSA) is 0 Å². The van der Waals surface area contributed by atoms with Crippen molar-refractivity contribution in [3.63, 3.8) is 0 Å². The summed E-state index contributed by atoms with van der Waals surface area (Å²) in [5.41, 5.74) is 3.38. The predicted octanol–water partition coefficient (Wildman–Crippen LogP) is 5.25. The smallest absolute Gasteiger partial charge is 0.0158 e. The van der Waals surface area contributed by atoms with Crippen molar-refractivity contribution in [2.24, 2.45) is 5.92 Å². The highest BCUT2D eigenvalue weighted by molar-refractivity contribution is 4.90. The summed E-state index contributed by atoms with van der Waals surface area (Å²) in [5, 5.41) is 0. The second-order valence-corrected chi connectivity index (χ2v) is 4.78. The average Bonchev–Trinajstić information content (AvgIpc) is 2.29. The number of unbranched alkanes of at least 4 members (excludes halogenated alkanes) is 4. The molecule has 1 rings (SSSR count). The summed E-state index contributed by atoms with van der Waals surface area (Å²) >= 11 is 0. The monoisotopic (exact) mass is 206 g/mol. The summed E-state index contributed by atoms with van der Waals surface area (Å²) in [6, 6.07) is 0. The van der Waals surface area contributed by atoms with Crippen LogP contribution in [0.3, 0.4) is 0 Å². The van der Waals surface area contributed by atoms with Crippen LogP contribution in [-0.2, 0) is 0 Å². The van der Waals surface area contributed by atoms with Gasteiger partial charge in [-0.2, -0.15) is 0 Å². The van der Waals surface area contributed by atoms with E-state index in [0.29, 0.717) is 0 Å². The van der Waals surface area contributed by atoms with Gasteiger partial charge in [0.1, 0.15) is 0 Å². The van der Waals surface area contributed by atoms with E-state index < -0.39 is 0 Å². The summed E-state index contributed by atoms with van der Waals surface area (Å²) in [6.45, 7) is 2.26. The molecule has 0 unspecified atom stereocenters. The first kappa shape index (κ1) is 12.6. The van der Waals surface area contributed by atoms with Gasteiger partial charge in [0.05, 0.1) is 0 Å². The molecule has 1 aliphatic carbocycles. The molecule has 0 nitrogen and oxygen atoms in total. The van der Waals surface area contributed by atoms with Gasteiger partial charge in [-0.3, -0.25) is 0 Å². The second kappa shape index (κ2) is 8.80. The van der Waals surface area contributed by atoms with Crippen LogP contribution in [0.25, 0.3) is 0 Å². The first-order valence-corrected chi connectivity index (χ1v) is 6.84. The maximum Gasteiger partial charge on any atom is -0.0158 e. The zero-order valence-corrected chi connectivity index (χ0v) is 10.3. The van der Waals surface area contributed by atoms with E-state index in [2.05, 4.69) is 24.8 Å². The van der Waals surface area contributed by atoms with E-state index in [1.807, 2.05) is 0 Å². The highest BCUT2D eigenvalue weighted by atomic mass is 14.1. The Bertz CT molecular complexity index is 190. The molecule has 1 aliphatic rings. The minimum Gasteiger partial charge on any atom is -0.129 e. The number of allylic oxidation sites excluding steroid dienone is 1. The Kier molecular flexibility index (Phi) is 7.38. The second-order valence-electron chi connectivity index (χ2n) is 4.78. The Morgan fingerprint density at radius 1 is 1.07 bits per heavy atom. The van der Waals surface area contributed by atoms with Crippen molar-refractivity contribution >= 4 is 0 Å². The van der Waals surface area contributed by atoms with E-state index in [9.17, 15) is 0 Å². The molecule has 0 N–H and O–H groups in total. The largest absolute Gasteiger partial charge is 0.129 e. The quantitative estimate of drug-likeness (QED) is 0.411. The third-order valence-corrected chi connectivity index (χ3v) is 3.30. The molecule has 1 fully saturated rings. The van der Waals surface area contributed by atoms with Gasteiger partial charge in [0.25, 0.3) is 0 Å². The molecule has 1 saturated carbocycles. The molecule has 0 aromatic rings. The molecule has 0 aliphatic heterocycles. The summed E-state index contributed by atoms with van der Waals surface area (Å²) in [4.78, 5) is 0. The molecule has 0 aromatic carbocycles. The van der Waals surface area contributed by atoms with Gasteiger partial charge in [0.15, 0.2) is 0 Å². The molecule has 0 atom stereocenters. The highest BCUT2D eigenvalue weighted by Crippen LogP contribution is 2.24. The fourth-order valence-electron chi connectivity index (χ4n) is 2.26. The van der Waals surface area contributed by atoms with Crippen molar-refractivity contribution in [2.75, 3.05) is 0 Å². The summed E-state index contributed by atoms with van der Waals surface area (Å²) in [6.07, 6.45) is 18.4. The Balaban J connectivity index is 2.04. The third kappa shape index (κ3) is 6.57. The lowest BCUT2D eigenvalue weighted by Crippen LogP contribution is -2.01. The van der Waals surface area contributed by atoms with Crippen molar-refractivity contribution in [3.05, 3.63) is 17.9 Å². The molecule has 0 radical (unpaired) electrons. The van der Waals surface area contributed by atoms with Crippen molar-refractivity contribution in [2.45, 2.75) is 71.1 Å². The highest BCUT2D eigenvalue weighted by Gasteiger charge is 2.08. The van der Waals surface area contributed by atoms with Gasteiger partial charge in [-0.15, -0.1) is 5.73 Å².